The third-order valence-electron chi connectivity index (χ3n) is 2.62. The van der Waals surface area contributed by atoms with Crippen LogP contribution in [0.2, 0.25) is 0 Å². The highest BCUT2D eigenvalue weighted by Crippen LogP contribution is 2.34. The van der Waals surface area contributed by atoms with Crippen LogP contribution in [-0.4, -0.2) is 26.2 Å². The second-order valence-electron chi connectivity index (χ2n) is 3.80. The Labute approximate surface area is 94.6 Å². The molecule has 0 unspecified atom stereocenters. The van der Waals surface area contributed by atoms with Crippen LogP contribution in [0.1, 0.15) is 22.3 Å². The average molecular weight is 221 g/mol. The molecule has 0 saturated carbocycles. The van der Waals surface area contributed by atoms with Gasteiger partial charge in [-0.15, -0.1) is 0 Å². The van der Waals surface area contributed by atoms with Gasteiger partial charge in [0.25, 0.3) is 0 Å². The van der Waals surface area contributed by atoms with E-state index in [9.17, 15) is 4.79 Å². The van der Waals surface area contributed by atoms with Crippen molar-refractivity contribution in [1.82, 2.24) is 5.32 Å². The number of ketones is 1. The zero-order valence-corrected chi connectivity index (χ0v) is 9.50. The molecule has 0 atom stereocenters. The molecule has 86 valence electrons. The third-order valence-corrected chi connectivity index (χ3v) is 2.62. The number of ether oxygens (including phenoxy) is 2. The number of nitrogens with one attached hydrogen (secondary N) is 1. The molecule has 4 heteroatoms. The van der Waals surface area contributed by atoms with E-state index in [2.05, 4.69) is 5.32 Å². The monoisotopic (exact) mass is 221 g/mol. The Bertz CT molecular complexity index is 415. The van der Waals surface area contributed by atoms with E-state index in [-0.39, 0.29) is 12.6 Å². The summed E-state index contributed by atoms with van der Waals surface area (Å²) in [6.07, 6.45) is 0.497. The fourth-order valence-corrected chi connectivity index (χ4v) is 1.72. The molecule has 0 radical (unpaired) electrons. The van der Waals surface area contributed by atoms with E-state index in [1.54, 1.807) is 6.07 Å². The molecule has 0 bridgehead atoms. The first-order valence-electron chi connectivity index (χ1n) is 5.30. The summed E-state index contributed by atoms with van der Waals surface area (Å²) in [5.41, 5.74) is 1.66. The largest absolute Gasteiger partial charge is 0.454 e. The minimum absolute atomic E-state index is 0.130. The van der Waals surface area contributed by atoms with Crippen LogP contribution in [-0.2, 0) is 0 Å². The lowest BCUT2D eigenvalue weighted by Crippen LogP contribution is -2.13. The van der Waals surface area contributed by atoms with Gasteiger partial charge in [0.05, 0.1) is 0 Å². The number of hydrogen-bond acceptors (Lipinski definition) is 4. The summed E-state index contributed by atoms with van der Waals surface area (Å²) in [6, 6.07) is 3.63. The first-order chi connectivity index (χ1) is 7.72. The molecule has 0 saturated heterocycles. The molecule has 1 aromatic rings. The summed E-state index contributed by atoms with van der Waals surface area (Å²) >= 11 is 0. The van der Waals surface area contributed by atoms with Gasteiger partial charge >= 0.3 is 0 Å². The van der Waals surface area contributed by atoms with E-state index in [1.807, 2.05) is 20.0 Å². The molecule has 0 fully saturated rings. The molecule has 1 N–H and O–H groups in total. The van der Waals surface area contributed by atoms with Crippen LogP contribution in [0.4, 0.5) is 0 Å². The Morgan fingerprint density at radius 3 is 2.75 bits per heavy atom. The first kappa shape index (κ1) is 11.0. The number of carbonyl (C=O) groups is 1. The Morgan fingerprint density at radius 1 is 1.38 bits per heavy atom. The maximum Gasteiger partial charge on any atom is 0.231 e. The molecule has 0 spiro atoms. The van der Waals surface area contributed by atoms with E-state index >= 15 is 0 Å². The molecule has 1 heterocycles. The van der Waals surface area contributed by atoms with Crippen molar-refractivity contribution < 1.29 is 14.3 Å². The Balaban J connectivity index is 2.24. The van der Waals surface area contributed by atoms with Gasteiger partial charge in [-0.05, 0) is 31.7 Å². The number of fused-ring (bicyclic) bond motifs is 1. The smallest absolute Gasteiger partial charge is 0.231 e. The van der Waals surface area contributed by atoms with Crippen LogP contribution < -0.4 is 14.8 Å². The molecule has 0 aliphatic carbocycles. The van der Waals surface area contributed by atoms with Gasteiger partial charge in [-0.2, -0.15) is 0 Å². The minimum Gasteiger partial charge on any atom is -0.454 e. The van der Waals surface area contributed by atoms with Crippen molar-refractivity contribution in [3.05, 3.63) is 23.3 Å². The fourth-order valence-electron chi connectivity index (χ4n) is 1.72. The Hall–Kier alpha value is -1.55. The maximum atomic E-state index is 11.9. The van der Waals surface area contributed by atoms with Gasteiger partial charge in [-0.3, -0.25) is 4.79 Å². The van der Waals surface area contributed by atoms with E-state index < -0.39 is 0 Å². The number of Topliss-reactive ketones (excluding diaryl/α,β-unsaturated/α-hetero) is 1. The van der Waals surface area contributed by atoms with E-state index in [1.165, 1.54) is 0 Å². The number of aryl methyl sites for hydroxylation is 1. The summed E-state index contributed by atoms with van der Waals surface area (Å²) in [5, 5.41) is 2.96. The molecular formula is C12H15NO3. The molecule has 2 rings (SSSR count). The Morgan fingerprint density at radius 2 is 2.06 bits per heavy atom. The summed E-state index contributed by atoms with van der Waals surface area (Å²) in [7, 11) is 1.83. The predicted octanol–water partition coefficient (Wildman–Crippen LogP) is 1.52. The van der Waals surface area contributed by atoms with Crippen molar-refractivity contribution in [2.75, 3.05) is 20.4 Å². The van der Waals surface area contributed by atoms with Gasteiger partial charge in [-0.25, -0.2) is 0 Å². The number of benzene rings is 1. The van der Waals surface area contributed by atoms with Crippen LogP contribution in [0.5, 0.6) is 11.5 Å². The molecule has 0 amide bonds. The van der Waals surface area contributed by atoms with Gasteiger partial charge in [0.1, 0.15) is 0 Å². The number of rotatable bonds is 4. The SMILES string of the molecule is CNCCC(=O)c1cc2c(cc1C)OCO2. The molecule has 16 heavy (non-hydrogen) atoms. The molecular weight excluding hydrogens is 206 g/mol. The van der Waals surface area contributed by atoms with Crippen molar-refractivity contribution >= 4 is 5.78 Å². The molecule has 1 aromatic carbocycles. The van der Waals surface area contributed by atoms with Crippen LogP contribution >= 0.6 is 0 Å². The van der Waals surface area contributed by atoms with E-state index in [0.29, 0.717) is 18.7 Å². The zero-order valence-electron chi connectivity index (χ0n) is 9.50. The first-order valence-corrected chi connectivity index (χ1v) is 5.30. The lowest BCUT2D eigenvalue weighted by Gasteiger charge is -2.06. The van der Waals surface area contributed by atoms with Crippen molar-refractivity contribution in [2.24, 2.45) is 0 Å². The van der Waals surface area contributed by atoms with Crippen molar-refractivity contribution in [3.63, 3.8) is 0 Å². The van der Waals surface area contributed by atoms with Gasteiger partial charge in [0.2, 0.25) is 6.79 Å². The normalized spacial score (nSPS) is 12.9. The summed E-state index contributed by atoms with van der Waals surface area (Å²) in [4.78, 5) is 11.9. The number of hydrogen-bond donors (Lipinski definition) is 1. The Kier molecular flexibility index (Phi) is 3.10. The quantitative estimate of drug-likeness (QED) is 0.783. The predicted molar refractivity (Wildman–Crippen MR) is 60.2 cm³/mol. The average Bonchev–Trinajstić information content (AvgIpc) is 2.71. The summed E-state index contributed by atoms with van der Waals surface area (Å²) in [5.74, 6) is 1.52. The fraction of sp³-hybridized carbons (Fsp3) is 0.417. The second-order valence-corrected chi connectivity index (χ2v) is 3.80. The summed E-state index contributed by atoms with van der Waals surface area (Å²) in [6.45, 7) is 2.84. The van der Waals surface area contributed by atoms with Gasteiger partial charge in [0, 0.05) is 18.5 Å². The standard InChI is InChI=1S/C12H15NO3/c1-8-5-11-12(16-7-15-11)6-9(8)10(14)3-4-13-2/h5-6,13H,3-4,7H2,1-2H3. The molecule has 4 nitrogen and oxygen atoms in total. The van der Waals surface area contributed by atoms with Gasteiger partial charge < -0.3 is 14.8 Å². The lowest BCUT2D eigenvalue weighted by atomic mass is 10.0. The van der Waals surface area contributed by atoms with E-state index in [0.717, 1.165) is 16.9 Å². The van der Waals surface area contributed by atoms with Crippen LogP contribution in [0.25, 0.3) is 0 Å². The topological polar surface area (TPSA) is 47.6 Å². The highest BCUT2D eigenvalue weighted by molar-refractivity contribution is 5.98. The van der Waals surface area contributed by atoms with Crippen molar-refractivity contribution in [1.29, 1.82) is 0 Å². The van der Waals surface area contributed by atoms with Crippen LogP contribution in [0.15, 0.2) is 12.1 Å². The maximum absolute atomic E-state index is 11.9. The molecule has 1 aliphatic rings. The highest BCUT2D eigenvalue weighted by Gasteiger charge is 2.18. The minimum atomic E-state index is 0.130. The van der Waals surface area contributed by atoms with Crippen molar-refractivity contribution in [3.8, 4) is 11.5 Å². The molecule has 0 aromatic heterocycles. The number of carbonyl (C=O) groups excluding carboxylic acids is 1. The third kappa shape index (κ3) is 2.02. The van der Waals surface area contributed by atoms with Crippen molar-refractivity contribution in [2.45, 2.75) is 13.3 Å². The lowest BCUT2D eigenvalue weighted by molar-refractivity contribution is 0.0982. The van der Waals surface area contributed by atoms with E-state index in [4.69, 9.17) is 9.47 Å². The van der Waals surface area contributed by atoms with Gasteiger partial charge in [0.15, 0.2) is 17.3 Å². The molecule has 1 aliphatic heterocycles. The second kappa shape index (κ2) is 4.53. The highest BCUT2D eigenvalue weighted by atomic mass is 16.7. The van der Waals surface area contributed by atoms with Crippen LogP contribution in [0.3, 0.4) is 0 Å². The zero-order chi connectivity index (χ0) is 11.5. The van der Waals surface area contributed by atoms with Crippen LogP contribution in [0, 0.1) is 6.92 Å². The van der Waals surface area contributed by atoms with Gasteiger partial charge in [-0.1, -0.05) is 0 Å². The summed E-state index contributed by atoms with van der Waals surface area (Å²) < 4.78 is 10.5.